The maximum absolute atomic E-state index is 5.82. The predicted molar refractivity (Wildman–Crippen MR) is 80.1 cm³/mol. The van der Waals surface area contributed by atoms with Crippen molar-refractivity contribution in [3.63, 3.8) is 0 Å². The van der Waals surface area contributed by atoms with Crippen LogP contribution in [0.5, 0.6) is 0 Å². The third-order valence-corrected chi connectivity index (χ3v) is 3.27. The number of hydrogen-bond acceptors (Lipinski definition) is 2. The highest BCUT2D eigenvalue weighted by atomic mass is 15.3. The van der Waals surface area contributed by atoms with Gasteiger partial charge in [0.25, 0.3) is 0 Å². The first-order valence-corrected chi connectivity index (χ1v) is 6.88. The molecule has 1 atom stereocenters. The van der Waals surface area contributed by atoms with Gasteiger partial charge in [-0.1, -0.05) is 24.3 Å². The molecule has 102 valence electrons. The van der Waals surface area contributed by atoms with Crippen LogP contribution in [0, 0.1) is 6.92 Å². The van der Waals surface area contributed by atoms with Crippen LogP contribution < -0.4 is 5.73 Å². The monoisotopic (exact) mass is 257 g/mol. The lowest BCUT2D eigenvalue weighted by Gasteiger charge is -2.06. The van der Waals surface area contributed by atoms with Crippen molar-refractivity contribution in [1.29, 1.82) is 0 Å². The summed E-state index contributed by atoms with van der Waals surface area (Å²) in [6.07, 6.45) is 3.05. The first-order chi connectivity index (χ1) is 8.97. The van der Waals surface area contributed by atoms with E-state index in [-0.39, 0.29) is 6.04 Å². The van der Waals surface area contributed by atoms with E-state index in [1.54, 1.807) is 0 Å². The van der Waals surface area contributed by atoms with Crippen LogP contribution >= 0.6 is 0 Å². The SMILES string of the molecule is Cc1nn(C(C)C)cc1-c1ccc(CC(C)N)cc1. The zero-order valence-electron chi connectivity index (χ0n) is 12.2. The van der Waals surface area contributed by atoms with Gasteiger partial charge in [0.1, 0.15) is 0 Å². The number of nitrogens with zero attached hydrogens (tertiary/aromatic N) is 2. The number of benzene rings is 1. The van der Waals surface area contributed by atoms with Crippen molar-refractivity contribution in [3.05, 3.63) is 41.7 Å². The van der Waals surface area contributed by atoms with Crippen LogP contribution in [0.4, 0.5) is 0 Å². The molecular weight excluding hydrogens is 234 g/mol. The molecular formula is C16H23N3. The van der Waals surface area contributed by atoms with Crippen molar-refractivity contribution in [1.82, 2.24) is 9.78 Å². The maximum Gasteiger partial charge on any atom is 0.0672 e. The summed E-state index contributed by atoms with van der Waals surface area (Å²) in [4.78, 5) is 0. The Kier molecular flexibility index (Phi) is 4.05. The van der Waals surface area contributed by atoms with Crippen LogP contribution in [0.15, 0.2) is 30.5 Å². The predicted octanol–water partition coefficient (Wildman–Crippen LogP) is 3.33. The second-order valence-corrected chi connectivity index (χ2v) is 5.58. The van der Waals surface area contributed by atoms with E-state index in [0.29, 0.717) is 6.04 Å². The van der Waals surface area contributed by atoms with Crippen LogP contribution in [0.2, 0.25) is 0 Å². The molecule has 0 amide bonds. The fourth-order valence-electron chi connectivity index (χ4n) is 2.22. The van der Waals surface area contributed by atoms with E-state index in [2.05, 4.69) is 56.3 Å². The Morgan fingerprint density at radius 3 is 2.26 bits per heavy atom. The van der Waals surface area contributed by atoms with Gasteiger partial charge < -0.3 is 5.73 Å². The molecule has 0 saturated heterocycles. The molecule has 2 aromatic rings. The summed E-state index contributed by atoms with van der Waals surface area (Å²) in [6.45, 7) is 8.37. The van der Waals surface area contributed by atoms with E-state index in [1.165, 1.54) is 16.7 Å². The van der Waals surface area contributed by atoms with Crippen LogP contribution in [0.3, 0.4) is 0 Å². The number of aryl methyl sites for hydroxylation is 1. The lowest BCUT2D eigenvalue weighted by atomic mass is 10.0. The summed E-state index contributed by atoms with van der Waals surface area (Å²) in [6, 6.07) is 9.23. The lowest BCUT2D eigenvalue weighted by Crippen LogP contribution is -2.17. The van der Waals surface area contributed by atoms with Crippen molar-refractivity contribution in [2.45, 2.75) is 46.2 Å². The minimum atomic E-state index is 0.205. The van der Waals surface area contributed by atoms with Gasteiger partial charge in [0.2, 0.25) is 0 Å². The summed E-state index contributed by atoms with van der Waals surface area (Å²) in [5, 5.41) is 4.55. The van der Waals surface area contributed by atoms with Crippen LogP contribution in [-0.4, -0.2) is 15.8 Å². The summed E-state index contributed by atoms with van der Waals surface area (Å²) in [7, 11) is 0. The van der Waals surface area contributed by atoms with Crippen LogP contribution in [0.1, 0.15) is 38.1 Å². The highest BCUT2D eigenvalue weighted by Crippen LogP contribution is 2.24. The van der Waals surface area contributed by atoms with E-state index in [1.807, 2.05) is 11.6 Å². The molecule has 0 bridgehead atoms. The Hall–Kier alpha value is -1.61. The van der Waals surface area contributed by atoms with E-state index in [0.717, 1.165) is 12.1 Å². The summed E-state index contributed by atoms with van der Waals surface area (Å²) < 4.78 is 2.01. The second kappa shape index (κ2) is 5.57. The Labute approximate surface area is 115 Å². The van der Waals surface area contributed by atoms with Crippen LogP contribution in [0.25, 0.3) is 11.1 Å². The van der Waals surface area contributed by atoms with Crippen molar-refractivity contribution < 1.29 is 0 Å². The molecule has 0 aliphatic rings. The number of nitrogens with two attached hydrogens (primary N) is 1. The van der Waals surface area contributed by atoms with Gasteiger partial charge in [0, 0.05) is 23.8 Å². The zero-order chi connectivity index (χ0) is 14.0. The molecule has 0 saturated carbocycles. The highest BCUT2D eigenvalue weighted by Gasteiger charge is 2.09. The minimum Gasteiger partial charge on any atom is -0.328 e. The largest absolute Gasteiger partial charge is 0.328 e. The Morgan fingerprint density at radius 2 is 1.79 bits per heavy atom. The molecule has 2 rings (SSSR count). The molecule has 0 aliphatic heterocycles. The van der Waals surface area contributed by atoms with Crippen molar-refractivity contribution in [2.24, 2.45) is 5.73 Å². The van der Waals surface area contributed by atoms with Gasteiger partial charge in [-0.15, -0.1) is 0 Å². The molecule has 0 spiro atoms. The number of aromatic nitrogens is 2. The zero-order valence-corrected chi connectivity index (χ0v) is 12.2. The molecule has 19 heavy (non-hydrogen) atoms. The molecule has 0 radical (unpaired) electrons. The average molecular weight is 257 g/mol. The Balaban J connectivity index is 2.27. The van der Waals surface area contributed by atoms with E-state index >= 15 is 0 Å². The third-order valence-electron chi connectivity index (χ3n) is 3.27. The lowest BCUT2D eigenvalue weighted by molar-refractivity contribution is 0.529. The van der Waals surface area contributed by atoms with E-state index in [4.69, 9.17) is 5.73 Å². The first kappa shape index (κ1) is 13.8. The average Bonchev–Trinajstić information content (AvgIpc) is 2.72. The van der Waals surface area contributed by atoms with Gasteiger partial charge in [-0.05, 0) is 45.2 Å². The van der Waals surface area contributed by atoms with Crippen LogP contribution in [-0.2, 0) is 6.42 Å². The van der Waals surface area contributed by atoms with Gasteiger partial charge in [0.15, 0.2) is 0 Å². The Morgan fingerprint density at radius 1 is 1.16 bits per heavy atom. The topological polar surface area (TPSA) is 43.8 Å². The van der Waals surface area contributed by atoms with Crippen molar-refractivity contribution in [3.8, 4) is 11.1 Å². The highest BCUT2D eigenvalue weighted by molar-refractivity contribution is 5.65. The number of hydrogen-bond donors (Lipinski definition) is 1. The van der Waals surface area contributed by atoms with Gasteiger partial charge in [0.05, 0.1) is 5.69 Å². The molecule has 3 nitrogen and oxygen atoms in total. The molecule has 0 fully saturated rings. The van der Waals surface area contributed by atoms with Crippen molar-refractivity contribution >= 4 is 0 Å². The molecule has 1 heterocycles. The summed E-state index contributed by atoms with van der Waals surface area (Å²) in [5.74, 6) is 0. The molecule has 3 heteroatoms. The van der Waals surface area contributed by atoms with Gasteiger partial charge >= 0.3 is 0 Å². The van der Waals surface area contributed by atoms with Gasteiger partial charge in [-0.3, -0.25) is 4.68 Å². The normalized spacial score (nSPS) is 12.9. The van der Waals surface area contributed by atoms with Gasteiger partial charge in [-0.25, -0.2) is 0 Å². The van der Waals surface area contributed by atoms with Crippen molar-refractivity contribution in [2.75, 3.05) is 0 Å². The third kappa shape index (κ3) is 3.24. The summed E-state index contributed by atoms with van der Waals surface area (Å²) >= 11 is 0. The number of rotatable bonds is 4. The molecule has 0 aliphatic carbocycles. The van der Waals surface area contributed by atoms with E-state index in [9.17, 15) is 0 Å². The molecule has 1 aromatic carbocycles. The molecule has 2 N–H and O–H groups in total. The second-order valence-electron chi connectivity index (χ2n) is 5.58. The van der Waals surface area contributed by atoms with E-state index < -0.39 is 0 Å². The summed E-state index contributed by atoms with van der Waals surface area (Å²) in [5.41, 5.74) is 10.6. The quantitative estimate of drug-likeness (QED) is 0.913. The molecule has 1 unspecified atom stereocenters. The smallest absolute Gasteiger partial charge is 0.0672 e. The molecule has 1 aromatic heterocycles. The first-order valence-electron chi connectivity index (χ1n) is 6.88. The minimum absolute atomic E-state index is 0.205. The maximum atomic E-state index is 5.82. The van der Waals surface area contributed by atoms with Gasteiger partial charge in [-0.2, -0.15) is 5.10 Å². The Bertz CT molecular complexity index is 536. The fourth-order valence-corrected chi connectivity index (χ4v) is 2.22. The fraction of sp³-hybridized carbons (Fsp3) is 0.438. The standard InChI is InChI=1S/C16H23N3/c1-11(2)19-10-16(13(4)18-19)15-7-5-14(6-8-15)9-12(3)17/h5-8,10-12H,9,17H2,1-4H3.